The topological polar surface area (TPSA) is 66.8 Å². The summed E-state index contributed by atoms with van der Waals surface area (Å²) in [7, 11) is 0. The van der Waals surface area contributed by atoms with Crippen molar-refractivity contribution in [2.24, 2.45) is 23.7 Å². The zero-order chi connectivity index (χ0) is 13.9. The van der Waals surface area contributed by atoms with Crippen molar-refractivity contribution < 1.29 is 19.4 Å². The third-order valence-corrected chi connectivity index (χ3v) is 4.35. The van der Waals surface area contributed by atoms with Crippen LogP contribution in [0.4, 0.5) is 4.79 Å². The number of imide groups is 1. The van der Waals surface area contributed by atoms with Crippen molar-refractivity contribution in [3.8, 4) is 0 Å². The summed E-state index contributed by atoms with van der Waals surface area (Å²) < 4.78 is 5.27. The second kappa shape index (κ2) is 3.82. The number of hydrogen-bond acceptors (Lipinski definition) is 4. The minimum absolute atomic E-state index is 0.0695. The fourth-order valence-electron chi connectivity index (χ4n) is 3.52. The van der Waals surface area contributed by atoms with Crippen molar-refractivity contribution in [2.45, 2.75) is 32.4 Å². The largest absolute Gasteiger partial charge is 0.443 e. The molecule has 2 amide bonds. The Kier molecular flexibility index (Phi) is 2.55. The SMILES string of the molecule is CC(C)(C)OC(=O)N1C(=O)[C@@H]2C3C=CC3[C@@H]2[C@H]1CO. The van der Waals surface area contributed by atoms with Gasteiger partial charge in [-0.3, -0.25) is 4.79 Å². The molecular formula is C14H19NO4. The van der Waals surface area contributed by atoms with E-state index in [1.54, 1.807) is 20.8 Å². The number of aliphatic hydroxyl groups is 1. The van der Waals surface area contributed by atoms with E-state index >= 15 is 0 Å². The predicted octanol–water partition coefficient (Wildman–Crippen LogP) is 1.17. The molecule has 1 saturated heterocycles. The summed E-state index contributed by atoms with van der Waals surface area (Å²) in [5.41, 5.74) is -0.643. The maximum Gasteiger partial charge on any atom is 0.417 e. The minimum atomic E-state index is -0.643. The van der Waals surface area contributed by atoms with Crippen molar-refractivity contribution >= 4 is 12.0 Å². The normalized spacial score (nSPS) is 39.3. The van der Waals surface area contributed by atoms with Gasteiger partial charge in [0, 0.05) is 5.92 Å². The van der Waals surface area contributed by atoms with Crippen molar-refractivity contribution in [3.05, 3.63) is 12.2 Å². The van der Waals surface area contributed by atoms with Gasteiger partial charge in [-0.2, -0.15) is 0 Å². The second-order valence-electron chi connectivity index (χ2n) is 6.58. The van der Waals surface area contributed by atoms with Gasteiger partial charge in [0.25, 0.3) is 0 Å². The van der Waals surface area contributed by atoms with Crippen LogP contribution in [0.2, 0.25) is 0 Å². The van der Waals surface area contributed by atoms with E-state index in [0.29, 0.717) is 5.92 Å². The van der Waals surface area contributed by atoms with Crippen LogP contribution < -0.4 is 0 Å². The lowest BCUT2D eigenvalue weighted by Crippen LogP contribution is -2.52. The summed E-state index contributed by atoms with van der Waals surface area (Å²) in [6.45, 7) is 5.10. The van der Waals surface area contributed by atoms with E-state index in [1.807, 2.05) is 6.08 Å². The predicted molar refractivity (Wildman–Crippen MR) is 67.1 cm³/mol. The number of fused-ring (bicyclic) bond motifs is 4. The van der Waals surface area contributed by atoms with Gasteiger partial charge in [0.05, 0.1) is 18.6 Å². The lowest BCUT2D eigenvalue weighted by Gasteiger charge is -2.51. The van der Waals surface area contributed by atoms with Gasteiger partial charge in [0.15, 0.2) is 0 Å². The number of ether oxygens (including phenoxy) is 1. The zero-order valence-corrected chi connectivity index (χ0v) is 11.4. The zero-order valence-electron chi connectivity index (χ0n) is 11.4. The molecule has 0 radical (unpaired) electrons. The van der Waals surface area contributed by atoms with Crippen LogP contribution in [-0.2, 0) is 9.53 Å². The highest BCUT2D eigenvalue weighted by molar-refractivity contribution is 5.97. The molecule has 0 aromatic heterocycles. The highest BCUT2D eigenvalue weighted by atomic mass is 16.6. The lowest BCUT2D eigenvalue weighted by molar-refractivity contribution is -0.135. The van der Waals surface area contributed by atoms with Gasteiger partial charge >= 0.3 is 6.09 Å². The Morgan fingerprint density at radius 3 is 2.47 bits per heavy atom. The molecule has 2 unspecified atom stereocenters. The number of allylic oxidation sites excluding steroid dienone is 2. The Labute approximate surface area is 112 Å². The average molecular weight is 265 g/mol. The molecule has 5 nitrogen and oxygen atoms in total. The van der Waals surface area contributed by atoms with Crippen molar-refractivity contribution in [1.82, 2.24) is 4.90 Å². The number of amides is 2. The molecule has 3 rings (SSSR count). The first-order chi connectivity index (χ1) is 8.85. The van der Waals surface area contributed by atoms with E-state index in [0.717, 1.165) is 4.90 Å². The Morgan fingerprint density at radius 2 is 2.00 bits per heavy atom. The van der Waals surface area contributed by atoms with Gasteiger partial charge in [-0.05, 0) is 32.6 Å². The van der Waals surface area contributed by atoms with Gasteiger partial charge in [-0.25, -0.2) is 9.69 Å². The summed E-state index contributed by atoms with van der Waals surface area (Å²) >= 11 is 0. The highest BCUT2D eigenvalue weighted by Crippen LogP contribution is 2.59. The molecule has 0 aromatic rings. The van der Waals surface area contributed by atoms with Gasteiger partial charge in [0.2, 0.25) is 5.91 Å². The Hall–Kier alpha value is -1.36. The third kappa shape index (κ3) is 1.64. The van der Waals surface area contributed by atoms with Crippen LogP contribution >= 0.6 is 0 Å². The van der Waals surface area contributed by atoms with Gasteiger partial charge in [-0.1, -0.05) is 12.2 Å². The Bertz CT molecular complexity index is 465. The molecule has 3 aliphatic rings. The molecule has 2 aliphatic carbocycles. The summed E-state index contributed by atoms with van der Waals surface area (Å²) in [5.74, 6) is 0.348. The number of rotatable bonds is 1. The molecule has 5 atom stereocenters. The molecular weight excluding hydrogens is 246 g/mol. The standard InChI is InChI=1S/C14H19NO4/c1-14(2,3)19-13(18)15-9(6-16)10-7-4-5-8(7)11(10)12(15)17/h4-5,7-11,16H,6H2,1-3H3/t7?,8?,9-,10-,11-/m1/s1. The number of likely N-dealkylation sites (tertiary alicyclic amines) is 1. The molecule has 1 aliphatic heterocycles. The van der Waals surface area contributed by atoms with Crippen molar-refractivity contribution in [3.63, 3.8) is 0 Å². The molecule has 104 valence electrons. The Balaban J connectivity index is 1.82. The maximum absolute atomic E-state index is 12.3. The first-order valence-electron chi connectivity index (χ1n) is 6.70. The van der Waals surface area contributed by atoms with Gasteiger partial charge in [0.1, 0.15) is 5.60 Å². The number of nitrogens with zero attached hydrogens (tertiary/aromatic N) is 1. The monoisotopic (exact) mass is 265 g/mol. The van der Waals surface area contributed by atoms with Gasteiger partial charge < -0.3 is 9.84 Å². The summed E-state index contributed by atoms with van der Waals surface area (Å²) in [5, 5.41) is 9.53. The molecule has 5 heteroatoms. The first kappa shape index (κ1) is 12.7. The van der Waals surface area contributed by atoms with Crippen LogP contribution in [-0.4, -0.2) is 40.3 Å². The molecule has 1 saturated carbocycles. The van der Waals surface area contributed by atoms with Crippen LogP contribution in [0, 0.1) is 23.7 Å². The van der Waals surface area contributed by atoms with E-state index in [9.17, 15) is 14.7 Å². The molecule has 0 bridgehead atoms. The van der Waals surface area contributed by atoms with Gasteiger partial charge in [-0.15, -0.1) is 0 Å². The van der Waals surface area contributed by atoms with Crippen molar-refractivity contribution in [2.75, 3.05) is 6.61 Å². The summed E-state index contributed by atoms with van der Waals surface area (Å²) in [4.78, 5) is 25.6. The first-order valence-corrected chi connectivity index (χ1v) is 6.70. The minimum Gasteiger partial charge on any atom is -0.443 e. The fraction of sp³-hybridized carbons (Fsp3) is 0.714. The molecule has 19 heavy (non-hydrogen) atoms. The Morgan fingerprint density at radius 1 is 1.37 bits per heavy atom. The molecule has 0 aromatic carbocycles. The van der Waals surface area contributed by atoms with Crippen LogP contribution in [0.5, 0.6) is 0 Å². The maximum atomic E-state index is 12.3. The smallest absolute Gasteiger partial charge is 0.417 e. The average Bonchev–Trinajstić information content (AvgIpc) is 2.48. The highest BCUT2D eigenvalue weighted by Gasteiger charge is 2.66. The fourth-order valence-corrected chi connectivity index (χ4v) is 3.52. The van der Waals surface area contributed by atoms with Crippen LogP contribution in [0.15, 0.2) is 12.2 Å². The van der Waals surface area contributed by atoms with Crippen molar-refractivity contribution in [1.29, 1.82) is 0 Å². The molecule has 1 N–H and O–H groups in total. The van der Waals surface area contributed by atoms with E-state index in [1.165, 1.54) is 0 Å². The number of carbonyl (C=O) groups is 2. The number of aliphatic hydroxyl groups excluding tert-OH is 1. The molecule has 1 heterocycles. The van der Waals surface area contributed by atoms with Crippen LogP contribution in [0.3, 0.4) is 0 Å². The second-order valence-corrected chi connectivity index (χ2v) is 6.58. The van der Waals surface area contributed by atoms with E-state index in [2.05, 4.69) is 6.08 Å². The van der Waals surface area contributed by atoms with Crippen LogP contribution in [0.1, 0.15) is 20.8 Å². The third-order valence-electron chi connectivity index (χ3n) is 4.35. The summed E-state index contributed by atoms with van der Waals surface area (Å²) in [6, 6.07) is -0.432. The molecule has 2 fully saturated rings. The number of carbonyl (C=O) groups excluding carboxylic acids is 2. The lowest BCUT2D eigenvalue weighted by atomic mass is 9.51. The molecule has 0 spiro atoms. The quantitative estimate of drug-likeness (QED) is 0.723. The number of hydrogen-bond donors (Lipinski definition) is 1. The van der Waals surface area contributed by atoms with Crippen LogP contribution in [0.25, 0.3) is 0 Å². The van der Waals surface area contributed by atoms with E-state index in [-0.39, 0.29) is 30.3 Å². The van der Waals surface area contributed by atoms with E-state index < -0.39 is 17.7 Å². The summed E-state index contributed by atoms with van der Waals surface area (Å²) in [6.07, 6.45) is 3.46. The van der Waals surface area contributed by atoms with E-state index in [4.69, 9.17) is 4.74 Å².